The number of aromatic amines is 2. The highest BCUT2D eigenvalue weighted by Crippen LogP contribution is 2.33. The molecule has 10 nitrogen and oxygen atoms in total. The van der Waals surface area contributed by atoms with Gasteiger partial charge in [0.05, 0.1) is 41.9 Å². The summed E-state index contributed by atoms with van der Waals surface area (Å²) in [7, 11) is 1.50. The molecular formula is C28H23FN8O2. The fraction of sp³-hybridized carbons (Fsp3) is 0.143. The van der Waals surface area contributed by atoms with Crippen LogP contribution >= 0.6 is 0 Å². The molecule has 5 heterocycles. The Hall–Kier alpha value is -5.19. The van der Waals surface area contributed by atoms with Crippen LogP contribution in [0.5, 0.6) is 5.75 Å². The van der Waals surface area contributed by atoms with Gasteiger partial charge in [0.15, 0.2) is 11.5 Å². The molecule has 0 aliphatic carbocycles. The van der Waals surface area contributed by atoms with E-state index in [0.717, 1.165) is 28.5 Å². The predicted molar refractivity (Wildman–Crippen MR) is 145 cm³/mol. The molecule has 5 aromatic heterocycles. The normalized spacial score (nSPS) is 11.3. The second-order valence-electron chi connectivity index (χ2n) is 8.97. The van der Waals surface area contributed by atoms with E-state index in [0.29, 0.717) is 51.8 Å². The van der Waals surface area contributed by atoms with Gasteiger partial charge in [-0.1, -0.05) is 6.92 Å². The molecular weight excluding hydrogens is 499 g/mol. The van der Waals surface area contributed by atoms with Crippen LogP contribution in [0.2, 0.25) is 0 Å². The number of carbonyl (C=O) groups excluding carboxylic acids is 1. The number of anilines is 1. The van der Waals surface area contributed by atoms with Gasteiger partial charge in [0.2, 0.25) is 5.91 Å². The van der Waals surface area contributed by atoms with E-state index in [9.17, 15) is 9.18 Å². The second-order valence-corrected chi connectivity index (χ2v) is 8.97. The van der Waals surface area contributed by atoms with Gasteiger partial charge in [-0.25, -0.2) is 14.4 Å². The molecule has 3 N–H and O–H groups in total. The number of nitrogens with one attached hydrogen (secondary N) is 3. The van der Waals surface area contributed by atoms with Crippen LogP contribution in [0.4, 0.5) is 10.1 Å². The first-order valence-electron chi connectivity index (χ1n) is 12.3. The minimum atomic E-state index is -0.407. The fourth-order valence-electron chi connectivity index (χ4n) is 4.45. The molecule has 0 fully saturated rings. The van der Waals surface area contributed by atoms with Gasteiger partial charge in [-0.3, -0.25) is 19.9 Å². The number of imidazole rings is 1. The quantitative estimate of drug-likeness (QED) is 0.252. The predicted octanol–water partition coefficient (Wildman–Crippen LogP) is 5.51. The van der Waals surface area contributed by atoms with E-state index in [1.807, 2.05) is 19.1 Å². The number of fused-ring (bicyclic) bond motifs is 2. The number of H-pyrrole nitrogens is 2. The summed E-state index contributed by atoms with van der Waals surface area (Å²) < 4.78 is 19.5. The van der Waals surface area contributed by atoms with Crippen molar-refractivity contribution >= 4 is 33.7 Å². The highest BCUT2D eigenvalue weighted by atomic mass is 19.1. The maximum atomic E-state index is 14.2. The van der Waals surface area contributed by atoms with Crippen molar-refractivity contribution in [2.75, 3.05) is 12.4 Å². The summed E-state index contributed by atoms with van der Waals surface area (Å²) in [6.45, 7) is 1.95. The number of nitrogens with zero attached hydrogens (tertiary/aromatic N) is 5. The molecule has 194 valence electrons. The lowest BCUT2D eigenvalue weighted by molar-refractivity contribution is -0.116. The molecule has 0 bridgehead atoms. The lowest BCUT2D eigenvalue weighted by Crippen LogP contribution is -2.10. The molecule has 6 aromatic rings. The highest BCUT2D eigenvalue weighted by Gasteiger charge is 2.17. The summed E-state index contributed by atoms with van der Waals surface area (Å²) in [6.07, 6.45) is 7.81. The molecule has 0 aliphatic rings. The number of hydrogen-bond acceptors (Lipinski definition) is 7. The lowest BCUT2D eigenvalue weighted by atomic mass is 10.1. The summed E-state index contributed by atoms with van der Waals surface area (Å²) in [6, 6.07) is 10.0. The zero-order valence-corrected chi connectivity index (χ0v) is 21.1. The summed E-state index contributed by atoms with van der Waals surface area (Å²) in [5, 5.41) is 11.1. The minimum Gasteiger partial charge on any atom is -0.497 e. The average Bonchev–Trinajstić information content (AvgIpc) is 3.56. The Bertz CT molecular complexity index is 1840. The first-order chi connectivity index (χ1) is 19.0. The molecule has 0 saturated carbocycles. The van der Waals surface area contributed by atoms with Crippen LogP contribution in [0.15, 0.2) is 61.2 Å². The van der Waals surface area contributed by atoms with Crippen molar-refractivity contribution in [2.24, 2.45) is 0 Å². The fourth-order valence-corrected chi connectivity index (χ4v) is 4.45. The number of hydrogen-bond donors (Lipinski definition) is 3. The third-order valence-corrected chi connectivity index (χ3v) is 6.28. The maximum Gasteiger partial charge on any atom is 0.224 e. The molecule has 0 atom stereocenters. The van der Waals surface area contributed by atoms with Crippen LogP contribution in [-0.4, -0.2) is 48.1 Å². The van der Waals surface area contributed by atoms with E-state index in [-0.39, 0.29) is 5.91 Å². The van der Waals surface area contributed by atoms with Crippen LogP contribution in [-0.2, 0) is 4.79 Å². The van der Waals surface area contributed by atoms with E-state index in [1.54, 1.807) is 36.9 Å². The van der Waals surface area contributed by atoms with E-state index >= 15 is 0 Å². The third-order valence-electron chi connectivity index (χ3n) is 6.28. The van der Waals surface area contributed by atoms with Crippen molar-refractivity contribution in [1.29, 1.82) is 0 Å². The van der Waals surface area contributed by atoms with E-state index in [2.05, 4.69) is 40.4 Å². The van der Waals surface area contributed by atoms with Gasteiger partial charge in [-0.2, -0.15) is 5.10 Å². The van der Waals surface area contributed by atoms with Crippen molar-refractivity contribution in [2.45, 2.75) is 19.8 Å². The number of carbonyl (C=O) groups is 1. The number of pyridine rings is 3. The Kier molecular flexibility index (Phi) is 6.16. The zero-order valence-electron chi connectivity index (χ0n) is 21.1. The molecule has 11 heteroatoms. The van der Waals surface area contributed by atoms with Gasteiger partial charge in [-0.05, 0) is 42.3 Å². The molecule has 0 aliphatic heterocycles. The zero-order chi connectivity index (χ0) is 26.9. The van der Waals surface area contributed by atoms with Crippen LogP contribution in [0, 0.1) is 5.82 Å². The number of aromatic nitrogens is 7. The summed E-state index contributed by atoms with van der Waals surface area (Å²) in [4.78, 5) is 33.2. The van der Waals surface area contributed by atoms with Gasteiger partial charge < -0.3 is 15.0 Å². The number of amides is 1. The molecule has 6 rings (SSSR count). The Morgan fingerprint density at radius 3 is 2.82 bits per heavy atom. The smallest absolute Gasteiger partial charge is 0.224 e. The summed E-state index contributed by atoms with van der Waals surface area (Å²) in [5.41, 5.74) is 5.77. The van der Waals surface area contributed by atoms with Crippen LogP contribution in [0.25, 0.3) is 56.0 Å². The summed E-state index contributed by atoms with van der Waals surface area (Å²) in [5.74, 6) is 0.439. The van der Waals surface area contributed by atoms with Crippen molar-refractivity contribution in [3.05, 3.63) is 67.0 Å². The number of benzene rings is 1. The van der Waals surface area contributed by atoms with Gasteiger partial charge in [0.25, 0.3) is 0 Å². The third kappa shape index (κ3) is 4.65. The first kappa shape index (κ1) is 24.2. The average molecular weight is 523 g/mol. The van der Waals surface area contributed by atoms with Gasteiger partial charge in [0.1, 0.15) is 17.3 Å². The van der Waals surface area contributed by atoms with Crippen molar-refractivity contribution < 1.29 is 13.9 Å². The molecule has 39 heavy (non-hydrogen) atoms. The van der Waals surface area contributed by atoms with E-state index < -0.39 is 5.82 Å². The van der Waals surface area contributed by atoms with Crippen LogP contribution < -0.4 is 10.1 Å². The van der Waals surface area contributed by atoms with Gasteiger partial charge in [-0.15, -0.1) is 0 Å². The first-order valence-corrected chi connectivity index (χ1v) is 12.3. The SMILES string of the molecule is CCCC(=O)Nc1cncc(-c2cc3c(-c4nc5nccc(-c6cc(F)cc(OC)c6)c5[nH]4)n[nH]c3cn2)c1. The molecule has 0 saturated heterocycles. The Morgan fingerprint density at radius 1 is 1.08 bits per heavy atom. The van der Waals surface area contributed by atoms with E-state index in [1.165, 1.54) is 19.2 Å². The number of halogens is 1. The second kappa shape index (κ2) is 9.93. The molecule has 0 radical (unpaired) electrons. The molecule has 1 amide bonds. The number of methoxy groups -OCH3 is 1. The topological polar surface area (TPSA) is 134 Å². The Balaban J connectivity index is 1.40. The van der Waals surface area contributed by atoms with Crippen LogP contribution in [0.1, 0.15) is 19.8 Å². The Morgan fingerprint density at radius 2 is 1.97 bits per heavy atom. The van der Waals surface area contributed by atoms with Crippen LogP contribution in [0.3, 0.4) is 0 Å². The molecule has 1 aromatic carbocycles. The largest absolute Gasteiger partial charge is 0.497 e. The minimum absolute atomic E-state index is 0.0634. The van der Waals surface area contributed by atoms with E-state index in [4.69, 9.17) is 4.74 Å². The summed E-state index contributed by atoms with van der Waals surface area (Å²) >= 11 is 0. The number of rotatable bonds is 7. The van der Waals surface area contributed by atoms with Crippen molar-refractivity contribution in [3.63, 3.8) is 0 Å². The molecule has 0 unspecified atom stereocenters. The van der Waals surface area contributed by atoms with Gasteiger partial charge >= 0.3 is 0 Å². The number of ether oxygens (including phenoxy) is 1. The molecule has 0 spiro atoms. The lowest BCUT2D eigenvalue weighted by Gasteiger charge is -2.06. The highest BCUT2D eigenvalue weighted by molar-refractivity contribution is 5.97. The monoisotopic (exact) mass is 522 g/mol. The Labute approximate surface area is 221 Å². The maximum absolute atomic E-state index is 14.2. The van der Waals surface area contributed by atoms with Gasteiger partial charge in [0, 0.05) is 41.4 Å². The standard InChI is InChI=1S/C28H23FN8O2/c1-3-4-24(38)33-18-8-16(12-30-13-18)22-11-21-23(14-32-22)36-37-26(21)28-34-25-20(5-6-31-27(25)35-28)15-7-17(29)10-19(9-15)39-2/h5-14H,3-4H2,1-2H3,(H,33,38)(H,36,37)(H,31,34,35). The van der Waals surface area contributed by atoms with Crippen molar-refractivity contribution in [1.82, 2.24) is 35.1 Å². The van der Waals surface area contributed by atoms with Crippen molar-refractivity contribution in [3.8, 4) is 39.7 Å².